The molecule has 0 aliphatic carbocycles. The number of hydrogen-bond donors (Lipinski definition) is 10. The van der Waals surface area contributed by atoms with E-state index >= 15 is 0 Å². The van der Waals surface area contributed by atoms with Gasteiger partial charge in [0, 0.05) is 68.9 Å². The Hall–Kier alpha value is -4.31. The maximum atomic E-state index is 14.1. The summed E-state index contributed by atoms with van der Waals surface area (Å²) in [5, 5.41) is 50.2. The molecule has 3 aliphatic rings. The van der Waals surface area contributed by atoms with Crippen molar-refractivity contribution in [3.05, 3.63) is 23.8 Å². The molecule has 0 bridgehead atoms. The fourth-order valence-corrected chi connectivity index (χ4v) is 9.35. The highest BCUT2D eigenvalue weighted by Gasteiger charge is 2.46. The van der Waals surface area contributed by atoms with Crippen LogP contribution in [0.4, 0.5) is 19.3 Å². The first kappa shape index (κ1) is 52.3. The van der Waals surface area contributed by atoms with Crippen LogP contribution in [0.1, 0.15) is 122 Å². The number of carbonyl (C=O) groups excluding carboxylic acids is 6. The summed E-state index contributed by atoms with van der Waals surface area (Å²) < 4.78 is 39.2. The van der Waals surface area contributed by atoms with E-state index in [2.05, 4.69) is 37.2 Å². The van der Waals surface area contributed by atoms with E-state index in [4.69, 9.17) is 9.47 Å². The Labute approximate surface area is 377 Å². The Kier molecular flexibility index (Phi) is 22.8. The molecule has 360 valence electrons. The Morgan fingerprint density at radius 2 is 1.36 bits per heavy atom. The van der Waals surface area contributed by atoms with Crippen molar-refractivity contribution in [3.63, 3.8) is 0 Å². The molecule has 64 heavy (non-hydrogen) atoms. The monoisotopic (exact) mass is 927 g/mol. The number of ether oxygens (including phenoxy) is 2. The van der Waals surface area contributed by atoms with E-state index in [1.807, 2.05) is 11.8 Å². The topological polar surface area (TPSA) is 266 Å². The van der Waals surface area contributed by atoms with Crippen LogP contribution in [-0.2, 0) is 28.7 Å². The van der Waals surface area contributed by atoms with Gasteiger partial charge < -0.3 is 62.0 Å². The first-order chi connectivity index (χ1) is 30.7. The summed E-state index contributed by atoms with van der Waals surface area (Å²) in [6, 6.07) is 2.56. The molecule has 10 N–H and O–H groups in total. The van der Waals surface area contributed by atoms with E-state index in [1.165, 1.54) is 12.1 Å². The van der Waals surface area contributed by atoms with Gasteiger partial charge in [0.1, 0.15) is 30.1 Å². The summed E-state index contributed by atoms with van der Waals surface area (Å²) in [5.74, 6) is -0.445. The summed E-state index contributed by atoms with van der Waals surface area (Å²) in [7, 11) is 0. The van der Waals surface area contributed by atoms with E-state index in [0.717, 1.165) is 70.1 Å². The third-order valence-corrected chi connectivity index (χ3v) is 12.8. The number of unbranched alkanes of at least 4 members (excludes halogenated alkanes) is 7. The molecular formula is C43H67F2N7O11S. The number of nitrogens with one attached hydrogen (secondary N) is 7. The highest BCUT2D eigenvalue weighted by Crippen LogP contribution is 2.35. The lowest BCUT2D eigenvalue weighted by Crippen LogP contribution is -2.65. The summed E-state index contributed by atoms with van der Waals surface area (Å²) >= 11 is 1.88. The van der Waals surface area contributed by atoms with Crippen molar-refractivity contribution in [2.24, 2.45) is 0 Å². The van der Waals surface area contributed by atoms with Crippen LogP contribution in [-0.4, -0.2) is 131 Å². The van der Waals surface area contributed by atoms with Gasteiger partial charge in [0.2, 0.25) is 35.8 Å². The van der Waals surface area contributed by atoms with Gasteiger partial charge in [-0.15, -0.1) is 0 Å². The molecule has 7 amide bonds. The lowest BCUT2D eigenvalue weighted by Gasteiger charge is -2.42. The highest BCUT2D eigenvalue weighted by atomic mass is 32.2. The number of hydrogen-bond acceptors (Lipinski definition) is 12. The van der Waals surface area contributed by atoms with Crippen LogP contribution >= 0.6 is 11.8 Å². The summed E-state index contributed by atoms with van der Waals surface area (Å²) in [4.78, 5) is 72.3. The van der Waals surface area contributed by atoms with Crippen LogP contribution in [0.25, 0.3) is 0 Å². The molecule has 0 aromatic heterocycles. The van der Waals surface area contributed by atoms with E-state index in [-0.39, 0.29) is 53.7 Å². The minimum atomic E-state index is -3.04. The molecule has 1 aromatic rings. The van der Waals surface area contributed by atoms with E-state index in [9.17, 15) is 52.9 Å². The number of amides is 7. The van der Waals surface area contributed by atoms with Crippen molar-refractivity contribution < 1.29 is 62.3 Å². The van der Waals surface area contributed by atoms with Crippen molar-refractivity contribution >= 4 is 53.0 Å². The zero-order valence-electron chi connectivity index (χ0n) is 36.5. The Morgan fingerprint density at radius 1 is 0.797 bits per heavy atom. The van der Waals surface area contributed by atoms with Crippen LogP contribution < -0.4 is 42.0 Å². The quantitative estimate of drug-likeness (QED) is 0.0411. The van der Waals surface area contributed by atoms with Crippen LogP contribution in [0.3, 0.4) is 0 Å². The molecule has 4 rings (SSSR count). The number of urea groups is 1. The molecule has 8 atom stereocenters. The zero-order chi connectivity index (χ0) is 46.4. The van der Waals surface area contributed by atoms with Crippen molar-refractivity contribution in [2.45, 2.75) is 164 Å². The fraction of sp³-hybridized carbons (Fsp3) is 0.721. The predicted molar refractivity (Wildman–Crippen MR) is 234 cm³/mol. The molecular weight excluding hydrogens is 861 g/mol. The molecule has 0 saturated carbocycles. The molecule has 3 fully saturated rings. The molecule has 0 spiro atoms. The van der Waals surface area contributed by atoms with Crippen molar-refractivity contribution in [3.8, 4) is 5.75 Å². The van der Waals surface area contributed by atoms with Crippen molar-refractivity contribution in [1.82, 2.24) is 31.9 Å². The minimum absolute atomic E-state index is 0.00541. The molecule has 18 nitrogen and oxygen atoms in total. The molecule has 0 unspecified atom stereocenters. The molecule has 3 heterocycles. The van der Waals surface area contributed by atoms with E-state index < -0.39 is 61.1 Å². The van der Waals surface area contributed by atoms with Gasteiger partial charge in [0.15, 0.2) is 0 Å². The molecule has 0 radical (unpaired) electrons. The van der Waals surface area contributed by atoms with Gasteiger partial charge in [-0.3, -0.25) is 24.0 Å². The number of rotatable bonds is 29. The van der Waals surface area contributed by atoms with E-state index in [1.54, 1.807) is 0 Å². The van der Waals surface area contributed by atoms with Gasteiger partial charge in [-0.25, -0.2) is 13.6 Å². The summed E-state index contributed by atoms with van der Waals surface area (Å²) in [5.41, 5.74) is -0.502. The Balaban J connectivity index is 0.952. The molecule has 1 aromatic carbocycles. The second kappa shape index (κ2) is 27.9. The first-order valence-corrected chi connectivity index (χ1v) is 23.6. The van der Waals surface area contributed by atoms with Gasteiger partial charge in [0.25, 0.3) is 6.43 Å². The number of benzene rings is 1. The molecule has 3 aliphatic heterocycles. The largest absolute Gasteiger partial charge is 0.462 e. The van der Waals surface area contributed by atoms with Crippen molar-refractivity contribution in [1.29, 1.82) is 0 Å². The minimum Gasteiger partial charge on any atom is -0.462 e. The number of fused-ring (bicyclic) bond motifs is 1. The van der Waals surface area contributed by atoms with Crippen LogP contribution in [0.5, 0.6) is 5.75 Å². The fourth-order valence-electron chi connectivity index (χ4n) is 7.81. The van der Waals surface area contributed by atoms with Gasteiger partial charge in [-0.05, 0) is 69.6 Å². The number of carbonyl (C=O) groups is 6. The van der Waals surface area contributed by atoms with Gasteiger partial charge in [0.05, 0.1) is 24.3 Å². The summed E-state index contributed by atoms with van der Waals surface area (Å²) in [6.07, 6.45) is 1.55. The second-order valence-corrected chi connectivity index (χ2v) is 17.8. The molecule has 21 heteroatoms. The van der Waals surface area contributed by atoms with Crippen molar-refractivity contribution in [2.75, 3.05) is 37.3 Å². The Morgan fingerprint density at radius 3 is 1.91 bits per heavy atom. The summed E-state index contributed by atoms with van der Waals surface area (Å²) in [6.45, 7) is 2.03. The SMILES string of the molecule is CC(=O)N[C@H]1[C@H](Oc2ccc(NC(=O)CCCCCNC(=O)CCCCCNC(=O)CCCCCNC(=O)CCCC[C@@H]3SC[C@@H]4NC(=O)N[C@@H]43)cc2C(F)F)O[C@H](CO)[C@@H](O)[C@@H]1O. The Bertz CT molecular complexity index is 1680. The predicted octanol–water partition coefficient (Wildman–Crippen LogP) is 2.64. The smallest absolute Gasteiger partial charge is 0.315 e. The normalized spacial score (nSPS) is 23.7. The average molecular weight is 928 g/mol. The van der Waals surface area contributed by atoms with E-state index in [0.29, 0.717) is 69.8 Å². The average Bonchev–Trinajstić information content (AvgIpc) is 3.82. The number of alkyl halides is 2. The van der Waals surface area contributed by atoms with Crippen LogP contribution in [0.2, 0.25) is 0 Å². The third kappa shape index (κ3) is 17.9. The lowest BCUT2D eigenvalue weighted by molar-refractivity contribution is -0.244. The van der Waals surface area contributed by atoms with Gasteiger partial charge >= 0.3 is 6.03 Å². The highest BCUT2D eigenvalue weighted by molar-refractivity contribution is 8.00. The van der Waals surface area contributed by atoms with Crippen LogP contribution in [0.15, 0.2) is 18.2 Å². The third-order valence-electron chi connectivity index (χ3n) is 11.3. The van der Waals surface area contributed by atoms with Gasteiger partial charge in [-0.1, -0.05) is 25.7 Å². The maximum Gasteiger partial charge on any atom is 0.315 e. The standard InChI is InChI=1S/C43H67F2N7O11S/c1-26(54)49-38-40(60)39(59)31(24-53)63-42(38)62-30-19-18-27(23-28(30)41(44)45)50-36(58)17-7-4-12-22-47-34(56)15-5-2-10-20-46-33(55)14-6-3-11-21-48-35(57)16-9-8-13-32-37-29(25-64-32)51-43(61)52-37/h18-19,23,29,31-32,37-42,53,59-60H,2-17,20-22,24-25H2,1H3,(H,46,55)(H,47,56)(H,48,57)(H,49,54)(H,50,58)(H2,51,52,61)/t29-,31+,32-,37-,38+,39+,40+,42+/m0/s1. The number of thioether (sulfide) groups is 1. The van der Waals surface area contributed by atoms with Crippen LogP contribution in [0, 0.1) is 0 Å². The lowest BCUT2D eigenvalue weighted by atomic mass is 9.97. The maximum absolute atomic E-state index is 14.1. The number of aliphatic hydroxyl groups is 3. The number of halogens is 2. The zero-order valence-corrected chi connectivity index (χ0v) is 37.4. The first-order valence-electron chi connectivity index (χ1n) is 22.5. The second-order valence-electron chi connectivity index (χ2n) is 16.5. The number of anilines is 1. The van der Waals surface area contributed by atoms with Gasteiger partial charge in [-0.2, -0.15) is 11.8 Å². The number of aliphatic hydroxyl groups excluding tert-OH is 3. The molecule has 3 saturated heterocycles.